The number of amides is 2. The van der Waals surface area contributed by atoms with Crippen molar-refractivity contribution in [1.82, 2.24) is 10.7 Å². The Morgan fingerprint density at radius 3 is 2.48 bits per heavy atom. The van der Waals surface area contributed by atoms with Crippen LogP contribution in [0.25, 0.3) is 0 Å². The van der Waals surface area contributed by atoms with E-state index >= 15 is 0 Å². The fraction of sp³-hybridized carbons (Fsp3) is 0.571. The van der Waals surface area contributed by atoms with Gasteiger partial charge in [0.15, 0.2) is 6.10 Å². The zero-order valence-electron chi connectivity index (χ0n) is 16.2. The second-order valence-electron chi connectivity index (χ2n) is 7.67. The molecule has 1 fully saturated rings. The number of hydrazone groups is 1. The molecular weight excluding hydrogens is 342 g/mol. The Bertz CT molecular complexity index is 625. The van der Waals surface area contributed by atoms with E-state index in [2.05, 4.69) is 15.8 Å². The van der Waals surface area contributed by atoms with Gasteiger partial charge in [-0.2, -0.15) is 5.10 Å². The molecule has 6 nitrogen and oxygen atoms in total. The molecule has 1 aliphatic rings. The molecule has 0 spiro atoms. The summed E-state index contributed by atoms with van der Waals surface area (Å²) in [6.07, 6.45) is 5.75. The van der Waals surface area contributed by atoms with Crippen LogP contribution in [0.1, 0.15) is 57.9 Å². The fourth-order valence-corrected chi connectivity index (χ4v) is 3.40. The van der Waals surface area contributed by atoms with Crippen molar-refractivity contribution in [2.45, 2.75) is 64.5 Å². The maximum atomic E-state index is 12.5. The zero-order valence-corrected chi connectivity index (χ0v) is 16.2. The van der Waals surface area contributed by atoms with Crippen LogP contribution in [0.4, 0.5) is 0 Å². The van der Waals surface area contributed by atoms with Gasteiger partial charge < -0.3 is 10.4 Å². The summed E-state index contributed by atoms with van der Waals surface area (Å²) in [5.41, 5.74) is 3.21. The molecule has 2 rings (SSSR count). The first kappa shape index (κ1) is 21.1. The highest BCUT2D eigenvalue weighted by Crippen LogP contribution is 2.24. The molecule has 1 aliphatic carbocycles. The molecule has 0 radical (unpaired) electrons. The van der Waals surface area contributed by atoms with Crippen molar-refractivity contribution in [2.24, 2.45) is 16.9 Å². The number of aliphatic hydroxyl groups is 1. The Hall–Kier alpha value is -2.21. The van der Waals surface area contributed by atoms with Gasteiger partial charge in [-0.25, -0.2) is 5.43 Å². The highest BCUT2D eigenvalue weighted by molar-refractivity contribution is 5.85. The van der Waals surface area contributed by atoms with Gasteiger partial charge >= 0.3 is 0 Å². The molecule has 6 heteroatoms. The normalized spacial score (nSPS) is 17.6. The number of aliphatic hydroxyl groups excluding tert-OH is 1. The van der Waals surface area contributed by atoms with E-state index in [9.17, 15) is 14.7 Å². The van der Waals surface area contributed by atoms with Crippen LogP contribution >= 0.6 is 0 Å². The van der Waals surface area contributed by atoms with Crippen LogP contribution in [0, 0.1) is 11.8 Å². The average Bonchev–Trinajstić information content (AvgIpc) is 2.68. The lowest BCUT2D eigenvalue weighted by atomic mass is 9.88. The van der Waals surface area contributed by atoms with E-state index in [1.165, 1.54) is 12.6 Å². The molecule has 2 amide bonds. The van der Waals surface area contributed by atoms with Crippen molar-refractivity contribution >= 4 is 18.0 Å². The van der Waals surface area contributed by atoms with Gasteiger partial charge in [-0.3, -0.25) is 9.59 Å². The summed E-state index contributed by atoms with van der Waals surface area (Å²) in [6, 6.07) is 8.74. The molecule has 2 atom stereocenters. The van der Waals surface area contributed by atoms with Crippen molar-refractivity contribution in [3.63, 3.8) is 0 Å². The SMILES string of the molecule is CC(C)C[C@H](NC(=O)C1CCCCC1)C(O)C(=O)NN=Cc1ccccc1. The molecule has 0 bridgehead atoms. The lowest BCUT2D eigenvalue weighted by molar-refractivity contribution is -0.133. The summed E-state index contributed by atoms with van der Waals surface area (Å²) in [5, 5.41) is 17.3. The van der Waals surface area contributed by atoms with E-state index < -0.39 is 18.1 Å². The van der Waals surface area contributed by atoms with Gasteiger partial charge in [0.2, 0.25) is 5.91 Å². The molecule has 1 saturated carbocycles. The topological polar surface area (TPSA) is 90.8 Å². The molecular formula is C21H31N3O3. The van der Waals surface area contributed by atoms with Crippen LogP contribution in [-0.2, 0) is 9.59 Å². The lowest BCUT2D eigenvalue weighted by Crippen LogP contribution is -2.51. The van der Waals surface area contributed by atoms with Crippen LogP contribution in [0.3, 0.4) is 0 Å². The molecule has 27 heavy (non-hydrogen) atoms. The van der Waals surface area contributed by atoms with Gasteiger partial charge in [-0.05, 0) is 30.7 Å². The second-order valence-corrected chi connectivity index (χ2v) is 7.67. The first-order chi connectivity index (χ1) is 13.0. The van der Waals surface area contributed by atoms with Crippen LogP contribution in [0.2, 0.25) is 0 Å². The molecule has 0 heterocycles. The van der Waals surface area contributed by atoms with Crippen LogP contribution in [-0.4, -0.2) is 35.3 Å². The maximum Gasteiger partial charge on any atom is 0.271 e. The Labute approximate surface area is 161 Å². The third kappa shape index (κ3) is 7.13. The van der Waals surface area contributed by atoms with Gasteiger partial charge in [0, 0.05) is 5.92 Å². The third-order valence-electron chi connectivity index (χ3n) is 4.87. The number of benzene rings is 1. The van der Waals surface area contributed by atoms with Crippen molar-refractivity contribution < 1.29 is 14.7 Å². The van der Waals surface area contributed by atoms with E-state index in [-0.39, 0.29) is 17.7 Å². The smallest absolute Gasteiger partial charge is 0.271 e. The van der Waals surface area contributed by atoms with Gasteiger partial charge in [0.25, 0.3) is 5.91 Å². The Morgan fingerprint density at radius 2 is 1.85 bits per heavy atom. The minimum absolute atomic E-state index is 0.0141. The zero-order chi connectivity index (χ0) is 19.6. The molecule has 1 aromatic rings. The number of hydrogen-bond acceptors (Lipinski definition) is 4. The monoisotopic (exact) mass is 373 g/mol. The van der Waals surface area contributed by atoms with Crippen molar-refractivity contribution in [2.75, 3.05) is 0 Å². The Balaban J connectivity index is 1.93. The molecule has 0 saturated heterocycles. The van der Waals surface area contributed by atoms with E-state index in [0.717, 1.165) is 31.2 Å². The second kappa shape index (κ2) is 10.8. The molecule has 1 unspecified atom stereocenters. The molecule has 0 aliphatic heterocycles. The van der Waals surface area contributed by atoms with Gasteiger partial charge in [-0.1, -0.05) is 63.4 Å². The Morgan fingerprint density at radius 1 is 1.19 bits per heavy atom. The number of rotatable bonds is 8. The van der Waals surface area contributed by atoms with Crippen LogP contribution in [0.5, 0.6) is 0 Å². The largest absolute Gasteiger partial charge is 0.381 e. The molecule has 1 aromatic carbocycles. The van der Waals surface area contributed by atoms with E-state index in [0.29, 0.717) is 6.42 Å². The molecule has 148 valence electrons. The molecule has 0 aromatic heterocycles. The van der Waals surface area contributed by atoms with E-state index in [1.54, 1.807) is 0 Å². The summed E-state index contributed by atoms with van der Waals surface area (Å²) in [7, 11) is 0. The van der Waals surface area contributed by atoms with E-state index in [4.69, 9.17) is 0 Å². The van der Waals surface area contributed by atoms with E-state index in [1.807, 2.05) is 44.2 Å². The van der Waals surface area contributed by atoms with Crippen molar-refractivity contribution in [3.8, 4) is 0 Å². The fourth-order valence-electron chi connectivity index (χ4n) is 3.40. The van der Waals surface area contributed by atoms with Crippen molar-refractivity contribution in [1.29, 1.82) is 0 Å². The number of nitrogens with zero attached hydrogens (tertiary/aromatic N) is 1. The van der Waals surface area contributed by atoms with Gasteiger partial charge in [-0.15, -0.1) is 0 Å². The first-order valence-corrected chi connectivity index (χ1v) is 9.83. The average molecular weight is 373 g/mol. The van der Waals surface area contributed by atoms with Crippen LogP contribution in [0.15, 0.2) is 35.4 Å². The summed E-state index contributed by atoms with van der Waals surface area (Å²) < 4.78 is 0. The maximum absolute atomic E-state index is 12.5. The standard InChI is InChI=1S/C21H31N3O3/c1-15(2)13-18(23-20(26)17-11-7-4-8-12-17)19(25)21(27)24-22-14-16-9-5-3-6-10-16/h3,5-6,9-10,14-15,17-19,25H,4,7-8,11-13H2,1-2H3,(H,23,26)(H,24,27)/t18-,19?/m0/s1. The first-order valence-electron chi connectivity index (χ1n) is 9.83. The third-order valence-corrected chi connectivity index (χ3v) is 4.87. The predicted molar refractivity (Wildman–Crippen MR) is 106 cm³/mol. The minimum Gasteiger partial charge on any atom is -0.381 e. The lowest BCUT2D eigenvalue weighted by Gasteiger charge is -2.28. The van der Waals surface area contributed by atoms with Crippen LogP contribution < -0.4 is 10.7 Å². The summed E-state index contributed by atoms with van der Waals surface area (Å²) >= 11 is 0. The Kier molecular flexibility index (Phi) is 8.45. The summed E-state index contributed by atoms with van der Waals surface area (Å²) in [4.78, 5) is 24.8. The van der Waals surface area contributed by atoms with Crippen molar-refractivity contribution in [3.05, 3.63) is 35.9 Å². The highest BCUT2D eigenvalue weighted by Gasteiger charge is 2.30. The quantitative estimate of drug-likeness (QED) is 0.483. The summed E-state index contributed by atoms with van der Waals surface area (Å²) in [5.74, 6) is -0.450. The van der Waals surface area contributed by atoms with Gasteiger partial charge in [0.1, 0.15) is 0 Å². The highest BCUT2D eigenvalue weighted by atomic mass is 16.3. The number of hydrogen-bond donors (Lipinski definition) is 3. The number of nitrogens with one attached hydrogen (secondary N) is 2. The van der Waals surface area contributed by atoms with Gasteiger partial charge in [0.05, 0.1) is 12.3 Å². The number of carbonyl (C=O) groups excluding carboxylic acids is 2. The number of carbonyl (C=O) groups is 2. The molecule has 3 N–H and O–H groups in total. The summed E-state index contributed by atoms with van der Waals surface area (Å²) in [6.45, 7) is 4.00. The minimum atomic E-state index is -1.34. The predicted octanol–water partition coefficient (Wildman–Crippen LogP) is 2.61.